The monoisotopic (exact) mass is 421 g/mol. The van der Waals surface area contributed by atoms with Gasteiger partial charge in [0, 0.05) is 24.0 Å². The number of aryl methyl sites for hydroxylation is 1. The number of rotatable bonds is 6. The van der Waals surface area contributed by atoms with Crippen molar-refractivity contribution in [3.63, 3.8) is 0 Å². The molecule has 0 radical (unpaired) electrons. The topological polar surface area (TPSA) is 72.7 Å². The van der Waals surface area contributed by atoms with Gasteiger partial charge in [-0.2, -0.15) is 0 Å². The summed E-state index contributed by atoms with van der Waals surface area (Å²) in [5.41, 5.74) is 3.07. The van der Waals surface area contributed by atoms with Gasteiger partial charge < -0.3 is 5.32 Å². The maximum Gasteiger partial charge on any atom is 0.230 e. The van der Waals surface area contributed by atoms with Crippen LogP contribution in [-0.4, -0.2) is 37.5 Å². The average molecular weight is 422 g/mol. The van der Waals surface area contributed by atoms with Crippen LogP contribution in [0.4, 0.5) is 0 Å². The quantitative estimate of drug-likeness (QED) is 0.596. The number of carbonyl (C=O) groups is 1. The number of carbonyl (C=O) groups excluding carboxylic acids is 1. The zero-order chi connectivity index (χ0) is 20.9. The van der Waals surface area contributed by atoms with Crippen molar-refractivity contribution < 1.29 is 4.79 Å². The van der Waals surface area contributed by atoms with Crippen molar-refractivity contribution in [2.45, 2.75) is 50.7 Å². The Kier molecular flexibility index (Phi) is 6.47. The van der Waals surface area contributed by atoms with E-state index in [4.69, 9.17) is 0 Å². The van der Waals surface area contributed by atoms with Gasteiger partial charge in [-0.05, 0) is 49.4 Å². The van der Waals surface area contributed by atoms with E-state index in [-0.39, 0.29) is 11.9 Å². The fraction of sp³-hybridized carbons (Fsp3) is 0.391. The van der Waals surface area contributed by atoms with Crippen LogP contribution in [0.1, 0.15) is 38.2 Å². The summed E-state index contributed by atoms with van der Waals surface area (Å²) in [5, 5.41) is 12.8. The molecular formula is C23H27N5OS. The van der Waals surface area contributed by atoms with Gasteiger partial charge in [0.2, 0.25) is 5.91 Å². The fourth-order valence-electron chi connectivity index (χ4n) is 3.99. The molecule has 2 heterocycles. The maximum atomic E-state index is 12.6. The summed E-state index contributed by atoms with van der Waals surface area (Å²) in [5.74, 6) is 1.67. The molecular weight excluding hydrogens is 394 g/mol. The first-order chi connectivity index (χ1) is 14.6. The Hall–Kier alpha value is -2.67. The van der Waals surface area contributed by atoms with Crippen LogP contribution in [0.3, 0.4) is 0 Å². The van der Waals surface area contributed by atoms with Crippen LogP contribution in [0.2, 0.25) is 0 Å². The maximum absolute atomic E-state index is 12.6. The molecule has 156 valence electrons. The number of benzene rings is 1. The Morgan fingerprint density at radius 1 is 1.13 bits per heavy atom. The van der Waals surface area contributed by atoms with E-state index in [9.17, 15) is 4.79 Å². The van der Waals surface area contributed by atoms with Crippen LogP contribution in [0, 0.1) is 12.8 Å². The van der Waals surface area contributed by atoms with Gasteiger partial charge in [0.1, 0.15) is 0 Å². The second-order valence-electron chi connectivity index (χ2n) is 7.89. The third-order valence-electron chi connectivity index (χ3n) is 5.72. The lowest BCUT2D eigenvalue weighted by atomic mass is 9.86. The van der Waals surface area contributed by atoms with Crippen LogP contribution < -0.4 is 5.32 Å². The van der Waals surface area contributed by atoms with E-state index in [1.54, 1.807) is 12.4 Å². The van der Waals surface area contributed by atoms with E-state index in [1.807, 2.05) is 28.8 Å². The number of amides is 1. The first-order valence-corrected chi connectivity index (χ1v) is 11.5. The molecule has 4 rings (SSSR count). The third kappa shape index (κ3) is 4.56. The molecule has 0 spiro atoms. The highest BCUT2D eigenvalue weighted by molar-refractivity contribution is 7.99. The minimum absolute atomic E-state index is 0.0588. The van der Waals surface area contributed by atoms with Crippen LogP contribution in [0.25, 0.3) is 17.1 Å². The molecule has 0 saturated heterocycles. The predicted octanol–water partition coefficient (Wildman–Crippen LogP) is 4.42. The Bertz CT molecular complexity index is 1000. The van der Waals surface area contributed by atoms with Gasteiger partial charge in [0.05, 0.1) is 11.4 Å². The molecule has 1 fully saturated rings. The van der Waals surface area contributed by atoms with E-state index >= 15 is 0 Å². The normalized spacial score (nSPS) is 18.9. The molecule has 0 unspecified atom stereocenters. The Morgan fingerprint density at radius 3 is 2.67 bits per heavy atom. The highest BCUT2D eigenvalue weighted by atomic mass is 32.2. The van der Waals surface area contributed by atoms with Crippen molar-refractivity contribution >= 4 is 17.7 Å². The predicted molar refractivity (Wildman–Crippen MR) is 120 cm³/mol. The van der Waals surface area contributed by atoms with Gasteiger partial charge in [0.15, 0.2) is 11.0 Å². The summed E-state index contributed by atoms with van der Waals surface area (Å²) in [4.78, 5) is 16.7. The fourth-order valence-corrected chi connectivity index (χ4v) is 4.75. The molecule has 1 amide bonds. The van der Waals surface area contributed by atoms with E-state index in [2.05, 4.69) is 46.5 Å². The van der Waals surface area contributed by atoms with Gasteiger partial charge in [-0.15, -0.1) is 10.2 Å². The number of nitrogens with one attached hydrogen (secondary N) is 1. The summed E-state index contributed by atoms with van der Waals surface area (Å²) in [6, 6.07) is 12.3. The van der Waals surface area contributed by atoms with Gasteiger partial charge in [-0.25, -0.2) is 0 Å². The minimum atomic E-state index is 0.0588. The Labute approximate surface area is 181 Å². The van der Waals surface area contributed by atoms with E-state index in [0.29, 0.717) is 16.8 Å². The molecule has 2 atom stereocenters. The summed E-state index contributed by atoms with van der Waals surface area (Å²) >= 11 is 1.43. The number of hydrogen-bond donors (Lipinski definition) is 1. The molecule has 30 heavy (non-hydrogen) atoms. The highest BCUT2D eigenvalue weighted by Crippen LogP contribution is 2.29. The Balaban J connectivity index is 1.57. The summed E-state index contributed by atoms with van der Waals surface area (Å²) in [6.07, 6.45) is 8.21. The SMILES string of the molecule is Cc1ccccc1-n1c(SCC(=O)N[C@H]2CCCC[C@@H]2C)nnc1-c1ccncc1. The molecule has 1 aliphatic carbocycles. The van der Waals surface area contributed by atoms with Crippen LogP contribution in [-0.2, 0) is 4.79 Å². The second kappa shape index (κ2) is 9.43. The molecule has 1 aromatic carbocycles. The van der Waals surface area contributed by atoms with Crippen molar-refractivity contribution in [1.29, 1.82) is 0 Å². The number of aromatic nitrogens is 4. The van der Waals surface area contributed by atoms with Crippen LogP contribution in [0.5, 0.6) is 0 Å². The number of hydrogen-bond acceptors (Lipinski definition) is 5. The minimum Gasteiger partial charge on any atom is -0.352 e. The van der Waals surface area contributed by atoms with Crippen molar-refractivity contribution in [3.8, 4) is 17.1 Å². The average Bonchev–Trinajstić information content (AvgIpc) is 3.18. The molecule has 1 N–H and O–H groups in total. The molecule has 3 aromatic rings. The zero-order valence-electron chi connectivity index (χ0n) is 17.4. The van der Waals surface area contributed by atoms with Gasteiger partial charge in [-0.1, -0.05) is 49.7 Å². The largest absolute Gasteiger partial charge is 0.352 e. The molecule has 0 aliphatic heterocycles. The smallest absolute Gasteiger partial charge is 0.230 e. The standard InChI is InChI=1S/C23H27N5OS/c1-16-7-3-5-9-19(16)25-21(29)15-30-23-27-26-22(18-11-13-24-14-12-18)28(23)20-10-6-4-8-17(20)2/h4,6,8,10-14,16,19H,3,5,7,9,15H2,1-2H3,(H,25,29)/t16-,19-/m0/s1. The van der Waals surface area contributed by atoms with E-state index < -0.39 is 0 Å². The number of pyridine rings is 1. The lowest BCUT2D eigenvalue weighted by molar-refractivity contribution is -0.119. The zero-order valence-corrected chi connectivity index (χ0v) is 18.2. The van der Waals surface area contributed by atoms with Crippen molar-refractivity contribution in [2.24, 2.45) is 5.92 Å². The van der Waals surface area contributed by atoms with Crippen molar-refractivity contribution in [1.82, 2.24) is 25.1 Å². The molecule has 6 nitrogen and oxygen atoms in total. The third-order valence-corrected chi connectivity index (χ3v) is 6.65. The van der Waals surface area contributed by atoms with E-state index in [0.717, 1.165) is 29.1 Å². The first-order valence-electron chi connectivity index (χ1n) is 10.5. The highest BCUT2D eigenvalue weighted by Gasteiger charge is 2.23. The van der Waals surface area contributed by atoms with Gasteiger partial charge in [0.25, 0.3) is 0 Å². The number of para-hydroxylation sites is 1. The van der Waals surface area contributed by atoms with Gasteiger partial charge >= 0.3 is 0 Å². The summed E-state index contributed by atoms with van der Waals surface area (Å²) in [6.45, 7) is 4.30. The van der Waals surface area contributed by atoms with Crippen LogP contribution in [0.15, 0.2) is 53.9 Å². The summed E-state index contributed by atoms with van der Waals surface area (Å²) in [7, 11) is 0. The molecule has 7 heteroatoms. The lowest BCUT2D eigenvalue weighted by Crippen LogP contribution is -2.41. The lowest BCUT2D eigenvalue weighted by Gasteiger charge is -2.29. The van der Waals surface area contributed by atoms with Crippen molar-refractivity contribution in [3.05, 3.63) is 54.4 Å². The number of nitrogens with zero attached hydrogens (tertiary/aromatic N) is 4. The van der Waals surface area contributed by atoms with Gasteiger partial charge in [-0.3, -0.25) is 14.3 Å². The summed E-state index contributed by atoms with van der Waals surface area (Å²) < 4.78 is 2.03. The first kappa shape index (κ1) is 20.6. The molecule has 1 aliphatic rings. The van der Waals surface area contributed by atoms with Crippen molar-refractivity contribution in [2.75, 3.05) is 5.75 Å². The number of thioether (sulfide) groups is 1. The Morgan fingerprint density at radius 2 is 1.90 bits per heavy atom. The van der Waals surface area contributed by atoms with Crippen LogP contribution >= 0.6 is 11.8 Å². The second-order valence-corrected chi connectivity index (χ2v) is 8.83. The molecule has 2 aromatic heterocycles. The molecule has 0 bridgehead atoms. The molecule has 1 saturated carbocycles. The van der Waals surface area contributed by atoms with E-state index in [1.165, 1.54) is 31.0 Å².